The fourth-order valence-corrected chi connectivity index (χ4v) is 4.97. The maximum atomic E-state index is 9.31. The van der Waals surface area contributed by atoms with Crippen LogP contribution in [0.25, 0.3) is 33.0 Å². The van der Waals surface area contributed by atoms with Crippen molar-refractivity contribution in [2.45, 2.75) is 0 Å². The van der Waals surface area contributed by atoms with Gasteiger partial charge in [-0.05, 0) is 106 Å². The van der Waals surface area contributed by atoms with Gasteiger partial charge in [-0.1, -0.05) is 60.7 Å². The van der Waals surface area contributed by atoms with Gasteiger partial charge in [-0.25, -0.2) is 0 Å². The fourth-order valence-electron chi connectivity index (χ4n) is 4.97. The minimum Gasteiger partial charge on any atom is -0.310 e. The molecule has 6 rings (SSSR count). The van der Waals surface area contributed by atoms with Crippen LogP contribution < -0.4 is 4.90 Å². The summed E-state index contributed by atoms with van der Waals surface area (Å²) in [6.45, 7) is 0. The van der Waals surface area contributed by atoms with E-state index in [-0.39, 0.29) is 0 Å². The third kappa shape index (κ3) is 5.13. The van der Waals surface area contributed by atoms with Crippen molar-refractivity contribution >= 4 is 27.8 Å². The van der Waals surface area contributed by atoms with Gasteiger partial charge in [0.25, 0.3) is 0 Å². The lowest BCUT2D eigenvalue weighted by molar-refractivity contribution is 1.29. The van der Waals surface area contributed by atoms with Gasteiger partial charge in [0.2, 0.25) is 0 Å². The fraction of sp³-hybridized carbons (Fsp3) is 0. The highest BCUT2D eigenvalue weighted by Gasteiger charge is 2.14. The third-order valence-electron chi connectivity index (χ3n) is 7.16. The molecule has 0 unspecified atom stereocenters. The first-order chi connectivity index (χ1) is 20.1. The Bertz CT molecular complexity index is 1880. The summed E-state index contributed by atoms with van der Waals surface area (Å²) in [6, 6.07) is 50.5. The van der Waals surface area contributed by atoms with E-state index < -0.39 is 0 Å². The van der Waals surface area contributed by atoms with E-state index in [4.69, 9.17) is 10.5 Å². The minimum absolute atomic E-state index is 0.638. The van der Waals surface area contributed by atoms with Gasteiger partial charge in [-0.15, -0.1) is 0 Å². The molecule has 0 amide bonds. The molecule has 0 radical (unpaired) electrons. The molecule has 4 nitrogen and oxygen atoms in total. The molecule has 0 bridgehead atoms. The van der Waals surface area contributed by atoms with Crippen molar-refractivity contribution in [2.24, 2.45) is 0 Å². The Morgan fingerprint density at radius 1 is 0.341 bits per heavy atom. The number of nitriles is 3. The van der Waals surface area contributed by atoms with E-state index in [0.717, 1.165) is 50.1 Å². The van der Waals surface area contributed by atoms with Crippen LogP contribution in [0.1, 0.15) is 16.7 Å². The van der Waals surface area contributed by atoms with Crippen LogP contribution in [0.4, 0.5) is 17.1 Å². The number of rotatable bonds is 5. The molecule has 0 aliphatic carbocycles. The molecule has 0 saturated carbocycles. The van der Waals surface area contributed by atoms with E-state index in [1.807, 2.05) is 66.7 Å². The van der Waals surface area contributed by atoms with E-state index in [2.05, 4.69) is 89.8 Å². The molecule has 0 aromatic heterocycles. The number of hydrogen-bond acceptors (Lipinski definition) is 4. The Kier molecular flexibility index (Phi) is 6.69. The molecule has 41 heavy (non-hydrogen) atoms. The summed E-state index contributed by atoms with van der Waals surface area (Å²) >= 11 is 0. The quantitative estimate of drug-likeness (QED) is 0.226. The van der Waals surface area contributed by atoms with Crippen LogP contribution in [0.5, 0.6) is 0 Å². The summed E-state index contributed by atoms with van der Waals surface area (Å²) in [6.07, 6.45) is 0. The van der Waals surface area contributed by atoms with Gasteiger partial charge in [0.1, 0.15) is 0 Å². The molecule has 0 heterocycles. The lowest BCUT2D eigenvalue weighted by atomic mass is 10.0. The Hall–Kier alpha value is -6.15. The first kappa shape index (κ1) is 25.1. The van der Waals surface area contributed by atoms with Crippen molar-refractivity contribution in [3.8, 4) is 40.5 Å². The molecular weight excluding hydrogens is 500 g/mol. The molecule has 6 aromatic rings. The summed E-state index contributed by atoms with van der Waals surface area (Å²) in [4.78, 5) is 2.21. The van der Waals surface area contributed by atoms with Crippen molar-refractivity contribution in [3.05, 3.63) is 150 Å². The van der Waals surface area contributed by atoms with Crippen LogP contribution in [-0.4, -0.2) is 0 Å². The molecule has 0 aliphatic rings. The van der Waals surface area contributed by atoms with Gasteiger partial charge in [0, 0.05) is 17.1 Å². The van der Waals surface area contributed by atoms with E-state index >= 15 is 0 Å². The topological polar surface area (TPSA) is 74.6 Å². The van der Waals surface area contributed by atoms with Crippen molar-refractivity contribution < 1.29 is 0 Å². The van der Waals surface area contributed by atoms with Crippen molar-refractivity contribution in [1.29, 1.82) is 15.8 Å². The standard InChI is InChI=1S/C37H22N4/c38-23-26-1-6-29(7-2-26)31-11-16-35(17-12-31)41(37-20-15-33-21-28(25-40)5-10-34(33)22-37)36-18-13-32(14-19-36)30-8-3-27(24-39)4-9-30/h1-22H. The molecule has 0 saturated heterocycles. The zero-order chi connectivity index (χ0) is 28.2. The highest BCUT2D eigenvalue weighted by atomic mass is 15.1. The maximum Gasteiger partial charge on any atom is 0.0991 e. The Morgan fingerprint density at radius 2 is 0.683 bits per heavy atom. The predicted molar refractivity (Wildman–Crippen MR) is 164 cm³/mol. The van der Waals surface area contributed by atoms with Crippen LogP contribution >= 0.6 is 0 Å². The Morgan fingerprint density at radius 3 is 1.12 bits per heavy atom. The molecule has 4 heteroatoms. The van der Waals surface area contributed by atoms with Gasteiger partial charge in [-0.2, -0.15) is 15.8 Å². The van der Waals surface area contributed by atoms with Gasteiger partial charge in [-0.3, -0.25) is 0 Å². The van der Waals surface area contributed by atoms with Crippen molar-refractivity contribution in [2.75, 3.05) is 4.90 Å². The first-order valence-electron chi connectivity index (χ1n) is 13.1. The highest BCUT2D eigenvalue weighted by Crippen LogP contribution is 2.38. The van der Waals surface area contributed by atoms with Crippen LogP contribution in [0, 0.1) is 34.0 Å². The molecule has 190 valence electrons. The molecule has 0 aliphatic heterocycles. The zero-order valence-corrected chi connectivity index (χ0v) is 22.0. The van der Waals surface area contributed by atoms with E-state index in [1.165, 1.54) is 0 Å². The molecule has 0 N–H and O–H groups in total. The Labute approximate surface area is 238 Å². The summed E-state index contributed by atoms with van der Waals surface area (Å²) in [5.74, 6) is 0. The summed E-state index contributed by atoms with van der Waals surface area (Å²) in [5, 5.41) is 29.6. The maximum absolute atomic E-state index is 9.31. The van der Waals surface area contributed by atoms with Crippen LogP contribution in [0.15, 0.2) is 133 Å². The highest BCUT2D eigenvalue weighted by molar-refractivity contribution is 5.90. The van der Waals surface area contributed by atoms with Gasteiger partial charge in [0.15, 0.2) is 0 Å². The number of nitrogens with zero attached hydrogens (tertiary/aromatic N) is 4. The first-order valence-corrected chi connectivity index (χ1v) is 13.1. The monoisotopic (exact) mass is 522 g/mol. The summed E-state index contributed by atoms with van der Waals surface area (Å²) in [7, 11) is 0. The number of benzene rings is 6. The van der Waals surface area contributed by atoms with Crippen molar-refractivity contribution in [3.63, 3.8) is 0 Å². The predicted octanol–water partition coefficient (Wildman–Crippen LogP) is 9.26. The van der Waals surface area contributed by atoms with Gasteiger partial charge in [0.05, 0.1) is 34.9 Å². The molecule has 0 spiro atoms. The number of anilines is 3. The number of fused-ring (bicyclic) bond motifs is 1. The largest absolute Gasteiger partial charge is 0.310 e. The SMILES string of the molecule is N#Cc1ccc(-c2ccc(N(c3ccc(-c4ccc(C#N)cc4)cc3)c3ccc4cc(C#N)ccc4c3)cc2)cc1. The second-order valence-corrected chi connectivity index (χ2v) is 9.67. The van der Waals surface area contributed by atoms with Crippen LogP contribution in [0.2, 0.25) is 0 Å². The number of hydrogen-bond donors (Lipinski definition) is 0. The lowest BCUT2D eigenvalue weighted by Gasteiger charge is -2.26. The summed E-state index contributed by atoms with van der Waals surface area (Å²) < 4.78 is 0. The third-order valence-corrected chi connectivity index (χ3v) is 7.16. The van der Waals surface area contributed by atoms with Crippen LogP contribution in [0.3, 0.4) is 0 Å². The van der Waals surface area contributed by atoms with E-state index in [0.29, 0.717) is 16.7 Å². The normalized spacial score (nSPS) is 10.4. The van der Waals surface area contributed by atoms with E-state index in [1.54, 1.807) is 0 Å². The lowest BCUT2D eigenvalue weighted by Crippen LogP contribution is -2.09. The van der Waals surface area contributed by atoms with Gasteiger partial charge < -0.3 is 4.90 Å². The van der Waals surface area contributed by atoms with Gasteiger partial charge >= 0.3 is 0 Å². The smallest absolute Gasteiger partial charge is 0.0991 e. The average Bonchev–Trinajstić information content (AvgIpc) is 3.05. The Balaban J connectivity index is 1.41. The van der Waals surface area contributed by atoms with Crippen LogP contribution in [-0.2, 0) is 0 Å². The molecule has 0 atom stereocenters. The second kappa shape index (κ2) is 10.9. The van der Waals surface area contributed by atoms with E-state index in [9.17, 15) is 5.26 Å². The second-order valence-electron chi connectivity index (χ2n) is 9.67. The zero-order valence-electron chi connectivity index (χ0n) is 22.0. The molecular formula is C37H22N4. The summed E-state index contributed by atoms with van der Waals surface area (Å²) in [5.41, 5.74) is 9.15. The molecule has 0 fully saturated rings. The molecule has 6 aromatic carbocycles. The van der Waals surface area contributed by atoms with Crippen molar-refractivity contribution in [1.82, 2.24) is 0 Å². The average molecular weight is 523 g/mol. The minimum atomic E-state index is 0.638.